The molecule has 2 aromatic rings. The average Bonchev–Trinajstić information content (AvgIpc) is 2.78. The molecule has 1 saturated heterocycles. The maximum atomic E-state index is 13.2. The molecular formula is C21H20ClN3O3S2. The van der Waals surface area contributed by atoms with E-state index in [1.54, 1.807) is 16.7 Å². The van der Waals surface area contributed by atoms with Crippen LogP contribution in [0.1, 0.15) is 18.4 Å². The van der Waals surface area contributed by atoms with Gasteiger partial charge in [-0.25, -0.2) is 8.42 Å². The van der Waals surface area contributed by atoms with Gasteiger partial charge in [0.05, 0.1) is 22.2 Å². The Morgan fingerprint density at radius 3 is 2.47 bits per heavy atom. The smallest absolute Gasteiger partial charge is 0.243 e. The first-order chi connectivity index (χ1) is 14.4. The van der Waals surface area contributed by atoms with E-state index in [0.29, 0.717) is 43.1 Å². The number of rotatable bonds is 3. The molecule has 2 aliphatic rings. The van der Waals surface area contributed by atoms with Gasteiger partial charge in [0.1, 0.15) is 0 Å². The molecule has 0 aliphatic carbocycles. The Morgan fingerprint density at radius 1 is 1.10 bits per heavy atom. The lowest BCUT2D eigenvalue weighted by atomic mass is 9.96. The predicted octanol–water partition coefficient (Wildman–Crippen LogP) is 3.75. The number of thioether (sulfide) groups is 1. The summed E-state index contributed by atoms with van der Waals surface area (Å²) in [5.74, 6) is 0.647. The van der Waals surface area contributed by atoms with Gasteiger partial charge in [0.25, 0.3) is 0 Å². The third-order valence-corrected chi connectivity index (χ3v) is 8.67. The van der Waals surface area contributed by atoms with Crippen LogP contribution in [0.4, 0.5) is 5.69 Å². The van der Waals surface area contributed by atoms with Gasteiger partial charge in [-0.1, -0.05) is 11.6 Å². The van der Waals surface area contributed by atoms with E-state index in [-0.39, 0.29) is 16.7 Å². The second-order valence-corrected chi connectivity index (χ2v) is 10.8. The molecule has 0 N–H and O–H groups in total. The van der Waals surface area contributed by atoms with E-state index in [9.17, 15) is 13.2 Å². The van der Waals surface area contributed by atoms with Crippen molar-refractivity contribution >= 4 is 45.0 Å². The molecule has 0 atom stereocenters. The summed E-state index contributed by atoms with van der Waals surface area (Å²) in [6.07, 6.45) is 0.960. The number of fused-ring (bicyclic) bond motifs is 1. The molecule has 0 bridgehead atoms. The van der Waals surface area contributed by atoms with Gasteiger partial charge in [-0.15, -0.1) is 11.8 Å². The van der Waals surface area contributed by atoms with Crippen molar-refractivity contribution in [1.82, 2.24) is 4.31 Å². The third kappa shape index (κ3) is 4.08. The van der Waals surface area contributed by atoms with Crippen molar-refractivity contribution in [2.45, 2.75) is 22.6 Å². The third-order valence-electron chi connectivity index (χ3n) is 5.47. The Balaban J connectivity index is 1.45. The first-order valence-corrected chi connectivity index (χ1v) is 12.4. The fraction of sp³-hybridized carbons (Fsp3) is 0.333. The Kier molecular flexibility index (Phi) is 6.07. The summed E-state index contributed by atoms with van der Waals surface area (Å²) in [7, 11) is -3.64. The van der Waals surface area contributed by atoms with E-state index in [1.807, 2.05) is 24.3 Å². The molecule has 2 heterocycles. The van der Waals surface area contributed by atoms with Crippen LogP contribution in [0.2, 0.25) is 5.02 Å². The van der Waals surface area contributed by atoms with Crippen molar-refractivity contribution in [3.63, 3.8) is 0 Å². The maximum Gasteiger partial charge on any atom is 0.243 e. The molecule has 1 amide bonds. The van der Waals surface area contributed by atoms with E-state index in [4.69, 9.17) is 16.9 Å². The van der Waals surface area contributed by atoms with Gasteiger partial charge in [0.15, 0.2) is 0 Å². The molecule has 0 spiro atoms. The van der Waals surface area contributed by atoms with Crippen LogP contribution >= 0.6 is 23.4 Å². The molecule has 2 aromatic carbocycles. The minimum atomic E-state index is -3.64. The highest BCUT2D eigenvalue weighted by Gasteiger charge is 2.35. The van der Waals surface area contributed by atoms with Crippen LogP contribution in [-0.4, -0.2) is 44.0 Å². The van der Waals surface area contributed by atoms with Crippen LogP contribution in [0.25, 0.3) is 0 Å². The van der Waals surface area contributed by atoms with Crippen molar-refractivity contribution in [1.29, 1.82) is 5.26 Å². The molecule has 30 heavy (non-hydrogen) atoms. The zero-order valence-corrected chi connectivity index (χ0v) is 18.5. The van der Waals surface area contributed by atoms with Crippen LogP contribution in [0.15, 0.2) is 52.3 Å². The minimum Gasteiger partial charge on any atom is -0.310 e. The molecule has 6 nitrogen and oxygen atoms in total. The number of nitrogens with zero attached hydrogens (tertiary/aromatic N) is 3. The molecule has 0 unspecified atom stereocenters. The SMILES string of the molecule is N#Cc1ccc(S(=O)(=O)N2CCC(C(=O)N3CCSc4ccc(Cl)cc43)CC2)cc1. The number of carbonyl (C=O) groups is 1. The lowest BCUT2D eigenvalue weighted by Gasteiger charge is -2.35. The lowest BCUT2D eigenvalue weighted by Crippen LogP contribution is -2.45. The number of anilines is 1. The monoisotopic (exact) mass is 461 g/mol. The standard InChI is InChI=1S/C21H20ClN3O3S2/c22-17-3-6-20-19(13-17)25(11-12-29-20)21(26)16-7-9-24(10-8-16)30(27,28)18-4-1-15(14-23)2-5-18/h1-6,13,16H,7-12H2. The number of hydrogen-bond acceptors (Lipinski definition) is 5. The van der Waals surface area contributed by atoms with E-state index in [1.165, 1.54) is 28.6 Å². The number of halogens is 1. The molecule has 0 saturated carbocycles. The van der Waals surface area contributed by atoms with Crippen LogP contribution in [0.3, 0.4) is 0 Å². The number of piperidine rings is 1. The van der Waals surface area contributed by atoms with Gasteiger partial charge >= 0.3 is 0 Å². The van der Waals surface area contributed by atoms with Crippen molar-refractivity contribution in [2.24, 2.45) is 5.92 Å². The number of amides is 1. The molecular weight excluding hydrogens is 442 g/mol. The second-order valence-electron chi connectivity index (χ2n) is 7.26. The molecule has 9 heteroatoms. The van der Waals surface area contributed by atoms with Crippen LogP contribution in [0.5, 0.6) is 0 Å². The number of benzene rings is 2. The second kappa shape index (κ2) is 8.60. The Labute approximate surface area is 185 Å². The highest BCUT2D eigenvalue weighted by molar-refractivity contribution is 7.99. The first-order valence-electron chi connectivity index (χ1n) is 9.64. The molecule has 1 fully saturated rings. The van der Waals surface area contributed by atoms with Crippen LogP contribution in [-0.2, 0) is 14.8 Å². The fourth-order valence-electron chi connectivity index (χ4n) is 3.83. The van der Waals surface area contributed by atoms with Crippen LogP contribution < -0.4 is 4.90 Å². The number of carbonyl (C=O) groups excluding carboxylic acids is 1. The van der Waals surface area contributed by atoms with Crippen molar-refractivity contribution < 1.29 is 13.2 Å². The number of sulfonamides is 1. The van der Waals surface area contributed by atoms with E-state index < -0.39 is 10.0 Å². The highest BCUT2D eigenvalue weighted by Crippen LogP contribution is 2.38. The summed E-state index contributed by atoms with van der Waals surface area (Å²) in [6.45, 7) is 1.22. The Morgan fingerprint density at radius 2 is 1.80 bits per heavy atom. The summed E-state index contributed by atoms with van der Waals surface area (Å²) >= 11 is 7.85. The Hall–Kier alpha value is -2.05. The Bertz CT molecular complexity index is 1110. The van der Waals surface area contributed by atoms with E-state index in [0.717, 1.165) is 16.3 Å². The maximum absolute atomic E-state index is 13.2. The van der Waals surface area contributed by atoms with Gasteiger partial charge in [-0.3, -0.25) is 4.79 Å². The molecule has 4 rings (SSSR count). The van der Waals surface area contributed by atoms with Gasteiger partial charge in [-0.05, 0) is 55.3 Å². The minimum absolute atomic E-state index is 0.0363. The fourth-order valence-corrected chi connectivity index (χ4v) is 6.44. The number of hydrogen-bond donors (Lipinski definition) is 0. The van der Waals surface area contributed by atoms with E-state index in [2.05, 4.69) is 0 Å². The molecule has 156 valence electrons. The zero-order valence-electron chi connectivity index (χ0n) is 16.1. The summed E-state index contributed by atoms with van der Waals surface area (Å²) in [4.78, 5) is 16.2. The summed E-state index contributed by atoms with van der Waals surface area (Å²) in [6, 6.07) is 13.5. The van der Waals surface area contributed by atoms with Gasteiger partial charge < -0.3 is 4.90 Å². The summed E-state index contributed by atoms with van der Waals surface area (Å²) in [5, 5.41) is 9.49. The predicted molar refractivity (Wildman–Crippen MR) is 117 cm³/mol. The van der Waals surface area contributed by atoms with E-state index >= 15 is 0 Å². The van der Waals surface area contributed by atoms with Gasteiger partial charge in [0, 0.05) is 41.2 Å². The van der Waals surface area contributed by atoms with Crippen LogP contribution in [0, 0.1) is 17.2 Å². The molecule has 0 radical (unpaired) electrons. The normalized spacial score (nSPS) is 17.9. The summed E-state index contributed by atoms with van der Waals surface area (Å²) < 4.78 is 27.2. The topological polar surface area (TPSA) is 81.5 Å². The van der Waals surface area contributed by atoms with Gasteiger partial charge in [-0.2, -0.15) is 9.57 Å². The molecule has 0 aromatic heterocycles. The summed E-state index contributed by atoms with van der Waals surface area (Å²) in [5.41, 5.74) is 1.26. The number of nitriles is 1. The zero-order chi connectivity index (χ0) is 21.3. The highest BCUT2D eigenvalue weighted by atomic mass is 35.5. The van der Waals surface area contributed by atoms with Gasteiger partial charge in [0.2, 0.25) is 15.9 Å². The average molecular weight is 462 g/mol. The largest absolute Gasteiger partial charge is 0.310 e. The van der Waals surface area contributed by atoms with Crippen molar-refractivity contribution in [3.05, 3.63) is 53.1 Å². The molecule has 2 aliphatic heterocycles. The first kappa shape index (κ1) is 21.2. The van der Waals surface area contributed by atoms with Crippen molar-refractivity contribution in [2.75, 3.05) is 30.3 Å². The quantitative estimate of drug-likeness (QED) is 0.695. The lowest BCUT2D eigenvalue weighted by molar-refractivity contribution is -0.123. The van der Waals surface area contributed by atoms with Crippen molar-refractivity contribution in [3.8, 4) is 6.07 Å².